The van der Waals surface area contributed by atoms with Crippen molar-refractivity contribution in [2.75, 3.05) is 6.61 Å². The van der Waals surface area contributed by atoms with Crippen LogP contribution in [0.3, 0.4) is 0 Å². The minimum atomic E-state index is -0.349. The van der Waals surface area contributed by atoms with E-state index in [1.807, 2.05) is 6.07 Å². The molecule has 0 saturated heterocycles. The Morgan fingerprint density at radius 3 is 2.53 bits per heavy atom. The molecule has 1 rings (SSSR count). The molecule has 0 spiro atoms. The molecule has 0 aromatic heterocycles. The number of ether oxygens (including phenoxy) is 1. The summed E-state index contributed by atoms with van der Waals surface area (Å²) in [6, 6.07) is 5.30. The number of rotatable bonds is 5. The smallest absolute Gasteiger partial charge is 0.338 e. The van der Waals surface area contributed by atoms with Crippen LogP contribution in [0.15, 0.2) is 18.2 Å². The highest BCUT2D eigenvalue weighted by Gasteiger charge is 2.11. The van der Waals surface area contributed by atoms with Crippen molar-refractivity contribution in [2.45, 2.75) is 25.6 Å². The Bertz CT molecular complexity index is 427. The lowest BCUT2D eigenvalue weighted by atomic mass is 10.0. The van der Waals surface area contributed by atoms with Crippen molar-refractivity contribution in [3.05, 3.63) is 34.9 Å². The van der Waals surface area contributed by atoms with Gasteiger partial charge in [-0.3, -0.25) is 4.79 Å². The molecule has 0 saturated carbocycles. The van der Waals surface area contributed by atoms with Crippen LogP contribution in [0.5, 0.6) is 0 Å². The first kappa shape index (κ1) is 13.9. The summed E-state index contributed by atoms with van der Waals surface area (Å²) in [6.07, 6.45) is 0.341. The van der Waals surface area contributed by atoms with E-state index in [0.717, 1.165) is 11.1 Å². The van der Waals surface area contributed by atoms with Crippen LogP contribution in [-0.2, 0) is 21.3 Å². The van der Waals surface area contributed by atoms with E-state index in [2.05, 4.69) is 15.9 Å². The van der Waals surface area contributed by atoms with E-state index in [4.69, 9.17) is 4.74 Å². The second kappa shape index (κ2) is 6.55. The zero-order valence-electron chi connectivity index (χ0n) is 9.96. The maximum Gasteiger partial charge on any atom is 0.338 e. The summed E-state index contributed by atoms with van der Waals surface area (Å²) in [5, 5.41) is 0.665. The number of alkyl halides is 1. The van der Waals surface area contributed by atoms with Gasteiger partial charge in [-0.2, -0.15) is 0 Å². The molecule has 0 atom stereocenters. The third-order valence-electron chi connectivity index (χ3n) is 2.30. The largest absolute Gasteiger partial charge is 0.462 e. The predicted molar refractivity (Wildman–Crippen MR) is 69.4 cm³/mol. The van der Waals surface area contributed by atoms with Crippen LogP contribution < -0.4 is 0 Å². The van der Waals surface area contributed by atoms with Gasteiger partial charge in [-0.25, -0.2) is 4.79 Å². The first-order chi connectivity index (χ1) is 8.08. The number of carbonyl (C=O) groups is 2. The van der Waals surface area contributed by atoms with Crippen molar-refractivity contribution < 1.29 is 14.3 Å². The van der Waals surface area contributed by atoms with Gasteiger partial charge in [0.2, 0.25) is 0 Å². The fourth-order valence-corrected chi connectivity index (χ4v) is 2.08. The SMILES string of the molecule is CCOC(=O)c1ccc(CBr)c(CC(C)=O)c1. The Hall–Kier alpha value is -1.16. The van der Waals surface area contributed by atoms with Gasteiger partial charge in [-0.05, 0) is 37.1 Å². The summed E-state index contributed by atoms with van der Waals surface area (Å²) in [5.41, 5.74) is 2.39. The Labute approximate surface area is 109 Å². The zero-order chi connectivity index (χ0) is 12.8. The van der Waals surface area contributed by atoms with Crippen LogP contribution in [0.25, 0.3) is 0 Å². The average Bonchev–Trinajstić information content (AvgIpc) is 2.28. The molecule has 0 unspecified atom stereocenters. The molecule has 92 valence electrons. The molecule has 0 radical (unpaired) electrons. The van der Waals surface area contributed by atoms with Gasteiger partial charge in [0.1, 0.15) is 5.78 Å². The molecule has 3 nitrogen and oxygen atoms in total. The predicted octanol–water partition coefficient (Wildman–Crippen LogP) is 2.89. The van der Waals surface area contributed by atoms with Crippen molar-refractivity contribution in [3.8, 4) is 0 Å². The van der Waals surface area contributed by atoms with E-state index in [-0.39, 0.29) is 11.8 Å². The number of hydrogen-bond donors (Lipinski definition) is 0. The van der Waals surface area contributed by atoms with E-state index in [1.165, 1.54) is 6.92 Å². The first-order valence-corrected chi connectivity index (χ1v) is 6.55. The van der Waals surface area contributed by atoms with E-state index in [0.29, 0.717) is 23.9 Å². The van der Waals surface area contributed by atoms with Crippen molar-refractivity contribution in [1.82, 2.24) is 0 Å². The van der Waals surface area contributed by atoms with Crippen LogP contribution in [0.2, 0.25) is 0 Å². The highest BCUT2D eigenvalue weighted by molar-refractivity contribution is 9.08. The summed E-state index contributed by atoms with van der Waals surface area (Å²) < 4.78 is 4.93. The monoisotopic (exact) mass is 298 g/mol. The quantitative estimate of drug-likeness (QED) is 0.620. The number of ketones is 1. The molecule has 1 aromatic rings. The van der Waals surface area contributed by atoms with Crippen LogP contribution >= 0.6 is 15.9 Å². The third kappa shape index (κ3) is 3.97. The summed E-state index contributed by atoms with van der Waals surface area (Å²) >= 11 is 3.36. The molecule has 0 aliphatic carbocycles. The molecule has 17 heavy (non-hydrogen) atoms. The fourth-order valence-electron chi connectivity index (χ4n) is 1.53. The maximum atomic E-state index is 11.6. The van der Waals surface area contributed by atoms with Gasteiger partial charge in [-0.1, -0.05) is 22.0 Å². The standard InChI is InChI=1S/C13H15BrO3/c1-3-17-13(16)10-4-5-11(8-14)12(7-10)6-9(2)15/h4-5,7H,3,6,8H2,1-2H3. The van der Waals surface area contributed by atoms with Crippen molar-refractivity contribution >= 4 is 27.7 Å². The Morgan fingerprint density at radius 1 is 1.29 bits per heavy atom. The fraction of sp³-hybridized carbons (Fsp3) is 0.385. The molecule has 0 fully saturated rings. The minimum absolute atomic E-state index is 0.0770. The lowest BCUT2D eigenvalue weighted by Gasteiger charge is -2.08. The second-order valence-electron chi connectivity index (χ2n) is 3.72. The van der Waals surface area contributed by atoms with Crippen molar-refractivity contribution in [2.24, 2.45) is 0 Å². The van der Waals surface area contributed by atoms with Crippen LogP contribution in [0.1, 0.15) is 35.3 Å². The molecule has 0 amide bonds. The van der Waals surface area contributed by atoms with Crippen LogP contribution in [0, 0.1) is 0 Å². The van der Waals surface area contributed by atoms with E-state index >= 15 is 0 Å². The molecule has 0 N–H and O–H groups in total. The summed E-state index contributed by atoms with van der Waals surface area (Å²) in [5.74, 6) is -0.272. The molecular formula is C13H15BrO3. The van der Waals surface area contributed by atoms with Gasteiger partial charge >= 0.3 is 5.97 Å². The third-order valence-corrected chi connectivity index (χ3v) is 2.90. The number of benzene rings is 1. The topological polar surface area (TPSA) is 43.4 Å². The number of halogens is 1. The van der Waals surface area contributed by atoms with Crippen molar-refractivity contribution in [3.63, 3.8) is 0 Å². The van der Waals surface area contributed by atoms with Gasteiger partial charge in [-0.15, -0.1) is 0 Å². The van der Waals surface area contributed by atoms with Gasteiger partial charge in [0.25, 0.3) is 0 Å². The summed E-state index contributed by atoms with van der Waals surface area (Å²) in [4.78, 5) is 22.7. The molecular weight excluding hydrogens is 284 g/mol. The number of carbonyl (C=O) groups excluding carboxylic acids is 2. The molecule has 4 heteroatoms. The zero-order valence-corrected chi connectivity index (χ0v) is 11.5. The molecule has 0 heterocycles. The Kier molecular flexibility index (Phi) is 5.35. The van der Waals surface area contributed by atoms with Gasteiger partial charge < -0.3 is 4.74 Å². The minimum Gasteiger partial charge on any atom is -0.462 e. The lowest BCUT2D eigenvalue weighted by molar-refractivity contribution is -0.116. The van der Waals surface area contributed by atoms with E-state index in [1.54, 1.807) is 19.1 Å². The first-order valence-electron chi connectivity index (χ1n) is 5.42. The highest BCUT2D eigenvalue weighted by Crippen LogP contribution is 2.17. The van der Waals surface area contributed by atoms with Crippen LogP contribution in [0.4, 0.5) is 0 Å². The molecule has 0 aliphatic heterocycles. The van der Waals surface area contributed by atoms with Crippen molar-refractivity contribution in [1.29, 1.82) is 0 Å². The van der Waals surface area contributed by atoms with Crippen LogP contribution in [-0.4, -0.2) is 18.4 Å². The maximum absolute atomic E-state index is 11.6. The number of esters is 1. The summed E-state index contributed by atoms with van der Waals surface area (Å²) in [6.45, 7) is 3.65. The van der Waals surface area contributed by atoms with Gasteiger partial charge in [0.15, 0.2) is 0 Å². The van der Waals surface area contributed by atoms with E-state index < -0.39 is 0 Å². The van der Waals surface area contributed by atoms with E-state index in [9.17, 15) is 9.59 Å². The molecule has 1 aromatic carbocycles. The molecule has 0 aliphatic rings. The lowest BCUT2D eigenvalue weighted by Crippen LogP contribution is -2.07. The number of hydrogen-bond acceptors (Lipinski definition) is 3. The Morgan fingerprint density at radius 2 is 2.00 bits per heavy atom. The average molecular weight is 299 g/mol. The molecule has 0 bridgehead atoms. The normalized spacial score (nSPS) is 10.1. The second-order valence-corrected chi connectivity index (χ2v) is 4.28. The highest BCUT2D eigenvalue weighted by atomic mass is 79.9. The Balaban J connectivity index is 3.03. The van der Waals surface area contributed by atoms with Gasteiger partial charge in [0.05, 0.1) is 12.2 Å². The summed E-state index contributed by atoms with van der Waals surface area (Å²) in [7, 11) is 0. The van der Waals surface area contributed by atoms with Gasteiger partial charge in [0, 0.05) is 11.8 Å². The number of Topliss-reactive ketones (excluding diaryl/α,β-unsaturated/α-hetero) is 1.